The van der Waals surface area contributed by atoms with Crippen molar-refractivity contribution in [3.8, 4) is 5.75 Å². The van der Waals surface area contributed by atoms with Crippen molar-refractivity contribution in [2.45, 2.75) is 19.4 Å². The third-order valence-corrected chi connectivity index (χ3v) is 4.37. The van der Waals surface area contributed by atoms with Gasteiger partial charge < -0.3 is 14.8 Å². The molecule has 0 saturated carbocycles. The summed E-state index contributed by atoms with van der Waals surface area (Å²) in [5, 5.41) is 8.97. The molecule has 1 amide bonds. The van der Waals surface area contributed by atoms with Gasteiger partial charge in [-0.1, -0.05) is 11.3 Å². The molecule has 26 heavy (non-hydrogen) atoms. The Labute approximate surface area is 152 Å². The number of carbonyl (C=O) groups is 2. The molecule has 0 spiro atoms. The van der Waals surface area contributed by atoms with Gasteiger partial charge in [0, 0.05) is 25.3 Å². The lowest BCUT2D eigenvalue weighted by molar-refractivity contribution is -0.131. The average molecular weight is 376 g/mol. The van der Waals surface area contributed by atoms with Crippen LogP contribution in [0.15, 0.2) is 29.6 Å². The standard InChI is InChI=1S/C16H16N4O5S/c1-9(21)25-13-6-10(18-11-4-5-24-8-11)2-3-12(13)15(22)19-16-17-7-14(20-23)26-16/h2-3,6-7,11,18H,4-5,8H2,1H3,(H,17,19,22). The van der Waals surface area contributed by atoms with E-state index in [0.29, 0.717) is 13.2 Å². The van der Waals surface area contributed by atoms with Crippen molar-refractivity contribution in [3.63, 3.8) is 0 Å². The molecule has 2 aromatic rings. The molecule has 1 unspecified atom stereocenters. The van der Waals surface area contributed by atoms with Gasteiger partial charge in [-0.3, -0.25) is 14.9 Å². The number of nitrogens with zero attached hydrogens (tertiary/aromatic N) is 2. The van der Waals surface area contributed by atoms with E-state index in [1.807, 2.05) is 0 Å². The molecule has 1 atom stereocenters. The maximum absolute atomic E-state index is 12.5. The van der Waals surface area contributed by atoms with Gasteiger partial charge in [0.25, 0.3) is 5.91 Å². The van der Waals surface area contributed by atoms with Gasteiger partial charge in [-0.05, 0) is 23.7 Å². The summed E-state index contributed by atoms with van der Waals surface area (Å²) < 4.78 is 10.5. The quantitative estimate of drug-likeness (QED) is 0.452. The van der Waals surface area contributed by atoms with E-state index in [-0.39, 0.29) is 27.5 Å². The van der Waals surface area contributed by atoms with Crippen molar-refractivity contribution in [2.24, 2.45) is 5.18 Å². The van der Waals surface area contributed by atoms with E-state index >= 15 is 0 Å². The Balaban J connectivity index is 1.80. The SMILES string of the molecule is CC(=O)Oc1cc(NC2CCOC2)ccc1C(=O)Nc1ncc(N=O)s1. The largest absolute Gasteiger partial charge is 0.426 e. The minimum absolute atomic E-state index is 0.129. The molecule has 9 nitrogen and oxygen atoms in total. The summed E-state index contributed by atoms with van der Waals surface area (Å²) in [5.74, 6) is -0.921. The van der Waals surface area contributed by atoms with Crippen LogP contribution in [0, 0.1) is 4.91 Å². The number of ether oxygens (including phenoxy) is 2. The zero-order chi connectivity index (χ0) is 18.5. The first-order valence-corrected chi connectivity index (χ1v) is 8.64. The van der Waals surface area contributed by atoms with Crippen LogP contribution in [0.5, 0.6) is 5.75 Å². The Kier molecular flexibility index (Phi) is 5.54. The van der Waals surface area contributed by atoms with Gasteiger partial charge in [-0.25, -0.2) is 4.98 Å². The first-order valence-electron chi connectivity index (χ1n) is 7.82. The van der Waals surface area contributed by atoms with Crippen LogP contribution in [0.2, 0.25) is 0 Å². The predicted octanol–water partition coefficient (Wildman–Crippen LogP) is 2.92. The van der Waals surface area contributed by atoms with Crippen molar-refractivity contribution in [3.05, 3.63) is 34.9 Å². The number of aromatic nitrogens is 1. The zero-order valence-corrected chi connectivity index (χ0v) is 14.7. The molecule has 0 bridgehead atoms. The topological polar surface area (TPSA) is 119 Å². The highest BCUT2D eigenvalue weighted by molar-refractivity contribution is 7.19. The Hall–Kier alpha value is -2.85. The fourth-order valence-corrected chi connectivity index (χ4v) is 3.04. The number of benzene rings is 1. The van der Waals surface area contributed by atoms with Crippen LogP contribution in [0.25, 0.3) is 0 Å². The van der Waals surface area contributed by atoms with Crippen LogP contribution >= 0.6 is 11.3 Å². The maximum atomic E-state index is 12.5. The van der Waals surface area contributed by atoms with E-state index < -0.39 is 11.9 Å². The van der Waals surface area contributed by atoms with Gasteiger partial charge in [0.2, 0.25) is 0 Å². The number of rotatable bonds is 6. The average Bonchev–Trinajstić information content (AvgIpc) is 3.26. The monoisotopic (exact) mass is 376 g/mol. The summed E-state index contributed by atoms with van der Waals surface area (Å²) >= 11 is 0.944. The molecular formula is C16H16N4O5S. The second kappa shape index (κ2) is 8.02. The highest BCUT2D eigenvalue weighted by Crippen LogP contribution is 2.29. The number of hydrogen-bond acceptors (Lipinski definition) is 9. The number of esters is 1. The Morgan fingerprint density at radius 1 is 1.42 bits per heavy atom. The number of nitroso groups, excluding NO2 is 1. The predicted molar refractivity (Wildman–Crippen MR) is 96.1 cm³/mol. The van der Waals surface area contributed by atoms with Gasteiger partial charge in [-0.2, -0.15) is 0 Å². The number of anilines is 2. The molecule has 136 valence electrons. The van der Waals surface area contributed by atoms with Gasteiger partial charge in [0.1, 0.15) is 5.75 Å². The van der Waals surface area contributed by atoms with Crippen molar-refractivity contribution in [1.29, 1.82) is 0 Å². The van der Waals surface area contributed by atoms with Crippen molar-refractivity contribution in [2.75, 3.05) is 23.8 Å². The molecule has 3 rings (SSSR count). The van der Waals surface area contributed by atoms with E-state index in [1.54, 1.807) is 18.2 Å². The minimum atomic E-state index is -0.540. The number of nitrogens with one attached hydrogen (secondary N) is 2. The van der Waals surface area contributed by atoms with Crippen LogP contribution in [-0.4, -0.2) is 36.1 Å². The molecule has 0 aliphatic carbocycles. The van der Waals surface area contributed by atoms with E-state index in [9.17, 15) is 14.5 Å². The van der Waals surface area contributed by atoms with E-state index in [2.05, 4.69) is 20.8 Å². The Morgan fingerprint density at radius 3 is 2.92 bits per heavy atom. The number of carbonyl (C=O) groups excluding carboxylic acids is 2. The normalized spacial score (nSPS) is 16.1. The molecular weight excluding hydrogens is 360 g/mol. The Bertz CT molecular complexity index is 832. The molecule has 1 saturated heterocycles. The second-order valence-corrected chi connectivity index (χ2v) is 6.57. The van der Waals surface area contributed by atoms with Crippen LogP contribution < -0.4 is 15.4 Å². The summed E-state index contributed by atoms with van der Waals surface area (Å²) in [5.41, 5.74) is 0.888. The number of thiazole rings is 1. The van der Waals surface area contributed by atoms with Crippen LogP contribution in [0.1, 0.15) is 23.7 Å². The van der Waals surface area contributed by atoms with E-state index in [1.165, 1.54) is 13.1 Å². The highest BCUT2D eigenvalue weighted by atomic mass is 32.1. The lowest BCUT2D eigenvalue weighted by atomic mass is 10.1. The Morgan fingerprint density at radius 2 is 2.27 bits per heavy atom. The first-order chi connectivity index (χ1) is 12.5. The number of amides is 1. The molecule has 0 radical (unpaired) electrons. The first kappa shape index (κ1) is 18.0. The lowest BCUT2D eigenvalue weighted by Gasteiger charge is -2.15. The molecule has 1 aromatic carbocycles. The van der Waals surface area contributed by atoms with Crippen molar-refractivity contribution in [1.82, 2.24) is 4.98 Å². The third-order valence-electron chi connectivity index (χ3n) is 3.58. The van der Waals surface area contributed by atoms with Crippen LogP contribution in [0.4, 0.5) is 15.8 Å². The second-order valence-electron chi connectivity index (χ2n) is 5.56. The molecule has 2 heterocycles. The van der Waals surface area contributed by atoms with Crippen LogP contribution in [-0.2, 0) is 9.53 Å². The molecule has 1 fully saturated rings. The van der Waals surface area contributed by atoms with E-state index in [4.69, 9.17) is 9.47 Å². The smallest absolute Gasteiger partial charge is 0.308 e. The van der Waals surface area contributed by atoms with Crippen molar-refractivity contribution < 1.29 is 19.1 Å². The summed E-state index contributed by atoms with van der Waals surface area (Å²) in [6, 6.07) is 5.04. The van der Waals surface area contributed by atoms with Gasteiger partial charge in [0.15, 0.2) is 10.1 Å². The summed E-state index contributed by atoms with van der Waals surface area (Å²) in [7, 11) is 0. The summed E-state index contributed by atoms with van der Waals surface area (Å²) in [6.45, 7) is 2.55. The number of hydrogen-bond donors (Lipinski definition) is 2. The maximum Gasteiger partial charge on any atom is 0.308 e. The molecule has 2 N–H and O–H groups in total. The molecule has 10 heteroatoms. The fraction of sp³-hybridized carbons (Fsp3) is 0.312. The van der Waals surface area contributed by atoms with Crippen molar-refractivity contribution >= 4 is 39.0 Å². The summed E-state index contributed by atoms with van der Waals surface area (Å²) in [6.07, 6.45) is 2.14. The van der Waals surface area contributed by atoms with E-state index in [0.717, 1.165) is 23.4 Å². The van der Waals surface area contributed by atoms with Gasteiger partial charge in [0.05, 0.1) is 24.4 Å². The highest BCUT2D eigenvalue weighted by Gasteiger charge is 2.19. The van der Waals surface area contributed by atoms with Gasteiger partial charge >= 0.3 is 5.97 Å². The lowest BCUT2D eigenvalue weighted by Crippen LogP contribution is -2.20. The summed E-state index contributed by atoms with van der Waals surface area (Å²) in [4.78, 5) is 38.2. The molecule has 1 aromatic heterocycles. The van der Waals surface area contributed by atoms with Gasteiger partial charge in [-0.15, -0.1) is 4.91 Å². The minimum Gasteiger partial charge on any atom is -0.426 e. The third kappa shape index (κ3) is 4.41. The molecule has 1 aliphatic heterocycles. The fourth-order valence-electron chi connectivity index (χ4n) is 2.45. The molecule has 1 aliphatic rings. The zero-order valence-electron chi connectivity index (χ0n) is 13.9. The van der Waals surface area contributed by atoms with Crippen LogP contribution in [0.3, 0.4) is 0 Å².